The number of methoxy groups -OCH3 is 2. The maximum Gasteiger partial charge on any atom is 0.256 e. The highest BCUT2D eigenvalue weighted by atomic mass is 16.5. The number of para-hydroxylation sites is 1. The molecule has 1 heterocycles. The average molecular weight is 401 g/mol. The Bertz CT molecular complexity index is 1130. The molecule has 4 rings (SSSR count). The first-order chi connectivity index (χ1) is 14.6. The Hall–Kier alpha value is -3.73. The third-order valence-electron chi connectivity index (χ3n) is 5.02. The maximum absolute atomic E-state index is 12.6. The molecular formula is C25H23NO4. The van der Waals surface area contributed by atoms with E-state index < -0.39 is 0 Å². The largest absolute Gasteiger partial charge is 0.494 e. The van der Waals surface area contributed by atoms with E-state index in [1.807, 2.05) is 73.7 Å². The molecule has 1 aliphatic rings. The smallest absolute Gasteiger partial charge is 0.256 e. The normalized spacial score (nSPS) is 13.7. The molecule has 0 saturated heterocycles. The highest BCUT2D eigenvalue weighted by Gasteiger charge is 2.24. The van der Waals surface area contributed by atoms with Gasteiger partial charge in [0.1, 0.15) is 5.75 Å². The van der Waals surface area contributed by atoms with Gasteiger partial charge in [-0.2, -0.15) is 0 Å². The van der Waals surface area contributed by atoms with Crippen LogP contribution < -0.4 is 19.5 Å². The summed E-state index contributed by atoms with van der Waals surface area (Å²) in [7, 11) is 3.21. The average Bonchev–Trinajstić information content (AvgIpc) is 3.09. The zero-order chi connectivity index (χ0) is 21.1. The van der Waals surface area contributed by atoms with Crippen molar-refractivity contribution in [1.29, 1.82) is 0 Å². The molecule has 0 saturated carbocycles. The first-order valence-electron chi connectivity index (χ1n) is 9.76. The second-order valence-corrected chi connectivity index (χ2v) is 6.81. The Morgan fingerprint density at radius 3 is 2.43 bits per heavy atom. The van der Waals surface area contributed by atoms with Crippen molar-refractivity contribution in [2.24, 2.45) is 0 Å². The fourth-order valence-corrected chi connectivity index (χ4v) is 3.62. The SMILES string of the molecule is CCOc1cccc(-c2cc(OC)c(OC)cc2/C=C2/C(=O)Nc3ccccc32)c1. The summed E-state index contributed by atoms with van der Waals surface area (Å²) < 4.78 is 16.7. The van der Waals surface area contributed by atoms with Crippen molar-refractivity contribution in [3.05, 3.63) is 71.8 Å². The lowest BCUT2D eigenvalue weighted by atomic mass is 9.95. The van der Waals surface area contributed by atoms with Crippen LogP contribution in [0.5, 0.6) is 17.2 Å². The summed E-state index contributed by atoms with van der Waals surface area (Å²) in [6, 6.07) is 19.3. The lowest BCUT2D eigenvalue weighted by Gasteiger charge is -2.15. The van der Waals surface area contributed by atoms with Gasteiger partial charge in [-0.15, -0.1) is 0 Å². The van der Waals surface area contributed by atoms with Crippen molar-refractivity contribution in [2.45, 2.75) is 6.92 Å². The van der Waals surface area contributed by atoms with Crippen LogP contribution in [0.2, 0.25) is 0 Å². The van der Waals surface area contributed by atoms with E-state index in [1.54, 1.807) is 14.2 Å². The van der Waals surface area contributed by atoms with Crippen LogP contribution in [-0.4, -0.2) is 26.7 Å². The van der Waals surface area contributed by atoms with Crippen molar-refractivity contribution >= 4 is 23.2 Å². The van der Waals surface area contributed by atoms with Crippen LogP contribution in [0.15, 0.2) is 60.7 Å². The number of amides is 1. The van der Waals surface area contributed by atoms with Gasteiger partial charge in [-0.05, 0) is 60.0 Å². The lowest BCUT2D eigenvalue weighted by molar-refractivity contribution is -0.110. The minimum Gasteiger partial charge on any atom is -0.494 e. The van der Waals surface area contributed by atoms with Crippen LogP contribution >= 0.6 is 0 Å². The van der Waals surface area contributed by atoms with E-state index in [0.717, 1.165) is 33.7 Å². The number of benzene rings is 3. The molecule has 3 aromatic rings. The van der Waals surface area contributed by atoms with E-state index in [9.17, 15) is 4.79 Å². The highest BCUT2D eigenvalue weighted by Crippen LogP contribution is 2.40. The van der Waals surface area contributed by atoms with E-state index in [1.165, 1.54) is 0 Å². The molecule has 1 N–H and O–H groups in total. The minimum absolute atomic E-state index is 0.125. The Kier molecular flexibility index (Phi) is 5.44. The van der Waals surface area contributed by atoms with Gasteiger partial charge in [0, 0.05) is 16.8 Å². The zero-order valence-corrected chi connectivity index (χ0v) is 17.2. The third-order valence-corrected chi connectivity index (χ3v) is 5.02. The standard InChI is InChI=1S/C25H23NO4/c1-4-30-18-9-7-8-16(12-18)20-15-24(29-3)23(28-2)14-17(20)13-21-19-10-5-6-11-22(19)26-25(21)27/h5-15H,4H2,1-3H3,(H,26,27)/b21-13+. The summed E-state index contributed by atoms with van der Waals surface area (Å²) in [5.74, 6) is 1.88. The summed E-state index contributed by atoms with van der Waals surface area (Å²) in [4.78, 5) is 12.6. The minimum atomic E-state index is -0.125. The number of carbonyl (C=O) groups excluding carboxylic acids is 1. The monoisotopic (exact) mass is 401 g/mol. The Labute approximate surface area is 175 Å². The van der Waals surface area contributed by atoms with Gasteiger partial charge in [-0.1, -0.05) is 30.3 Å². The topological polar surface area (TPSA) is 56.8 Å². The first kappa shape index (κ1) is 19.6. The number of ether oxygens (including phenoxy) is 3. The van der Waals surface area contributed by atoms with Crippen molar-refractivity contribution in [3.8, 4) is 28.4 Å². The van der Waals surface area contributed by atoms with Crippen LogP contribution in [0.3, 0.4) is 0 Å². The Balaban J connectivity index is 1.91. The molecular weight excluding hydrogens is 378 g/mol. The van der Waals surface area contributed by atoms with E-state index in [-0.39, 0.29) is 5.91 Å². The number of nitrogens with one attached hydrogen (secondary N) is 1. The summed E-state index contributed by atoms with van der Waals surface area (Å²) in [5, 5.41) is 2.92. The molecule has 0 aliphatic carbocycles. The molecule has 152 valence electrons. The third kappa shape index (κ3) is 3.62. The molecule has 0 bridgehead atoms. The van der Waals surface area contributed by atoms with Gasteiger partial charge in [0.05, 0.1) is 20.8 Å². The molecule has 1 amide bonds. The number of anilines is 1. The summed E-state index contributed by atoms with van der Waals surface area (Å²) in [6.07, 6.45) is 1.89. The summed E-state index contributed by atoms with van der Waals surface area (Å²) in [5.41, 5.74) is 5.03. The second kappa shape index (κ2) is 8.33. The summed E-state index contributed by atoms with van der Waals surface area (Å²) in [6.45, 7) is 2.54. The number of rotatable bonds is 6. The number of hydrogen-bond donors (Lipinski definition) is 1. The molecule has 0 fully saturated rings. The van der Waals surface area contributed by atoms with Crippen LogP contribution in [0.25, 0.3) is 22.8 Å². The molecule has 1 aliphatic heterocycles. The van der Waals surface area contributed by atoms with Crippen molar-refractivity contribution in [3.63, 3.8) is 0 Å². The van der Waals surface area contributed by atoms with Crippen LogP contribution in [0, 0.1) is 0 Å². The molecule has 0 aromatic heterocycles. The quantitative estimate of drug-likeness (QED) is 0.572. The molecule has 0 radical (unpaired) electrons. The van der Waals surface area contributed by atoms with Gasteiger partial charge in [-0.25, -0.2) is 0 Å². The Morgan fingerprint density at radius 2 is 1.67 bits per heavy atom. The molecule has 5 nitrogen and oxygen atoms in total. The number of fused-ring (bicyclic) bond motifs is 1. The number of carbonyl (C=O) groups is 1. The van der Waals surface area contributed by atoms with E-state index >= 15 is 0 Å². The molecule has 30 heavy (non-hydrogen) atoms. The van der Waals surface area contributed by atoms with Gasteiger partial charge in [0.15, 0.2) is 11.5 Å². The zero-order valence-electron chi connectivity index (χ0n) is 17.2. The molecule has 3 aromatic carbocycles. The van der Waals surface area contributed by atoms with E-state index in [4.69, 9.17) is 14.2 Å². The predicted octanol–water partition coefficient (Wildman–Crippen LogP) is 5.26. The van der Waals surface area contributed by atoms with Gasteiger partial charge < -0.3 is 19.5 Å². The molecule has 0 atom stereocenters. The molecule has 5 heteroatoms. The maximum atomic E-state index is 12.6. The second-order valence-electron chi connectivity index (χ2n) is 6.81. The molecule has 0 spiro atoms. The van der Waals surface area contributed by atoms with E-state index in [2.05, 4.69) is 5.32 Å². The first-order valence-corrected chi connectivity index (χ1v) is 9.76. The van der Waals surface area contributed by atoms with Crippen LogP contribution in [-0.2, 0) is 4.79 Å². The van der Waals surface area contributed by atoms with Crippen LogP contribution in [0.1, 0.15) is 18.1 Å². The van der Waals surface area contributed by atoms with Crippen molar-refractivity contribution in [1.82, 2.24) is 0 Å². The highest BCUT2D eigenvalue weighted by molar-refractivity contribution is 6.35. The summed E-state index contributed by atoms with van der Waals surface area (Å²) >= 11 is 0. The predicted molar refractivity (Wildman–Crippen MR) is 119 cm³/mol. The van der Waals surface area contributed by atoms with Gasteiger partial charge >= 0.3 is 0 Å². The lowest BCUT2D eigenvalue weighted by Crippen LogP contribution is -2.03. The fraction of sp³-hybridized carbons (Fsp3) is 0.160. The van der Waals surface area contributed by atoms with Gasteiger partial charge in [-0.3, -0.25) is 4.79 Å². The van der Waals surface area contributed by atoms with Crippen LogP contribution in [0.4, 0.5) is 5.69 Å². The van der Waals surface area contributed by atoms with Gasteiger partial charge in [0.25, 0.3) is 5.91 Å². The van der Waals surface area contributed by atoms with Gasteiger partial charge in [0.2, 0.25) is 0 Å². The Morgan fingerprint density at radius 1 is 0.900 bits per heavy atom. The van der Waals surface area contributed by atoms with Crippen molar-refractivity contribution in [2.75, 3.05) is 26.1 Å². The number of hydrogen-bond acceptors (Lipinski definition) is 4. The fourth-order valence-electron chi connectivity index (χ4n) is 3.62. The van der Waals surface area contributed by atoms with Crippen molar-refractivity contribution < 1.29 is 19.0 Å². The molecule has 0 unspecified atom stereocenters. The van der Waals surface area contributed by atoms with E-state index in [0.29, 0.717) is 23.7 Å².